The average Bonchev–Trinajstić information content (AvgIpc) is 3.91. The topological polar surface area (TPSA) is 42.2 Å². The van der Waals surface area contributed by atoms with E-state index in [4.69, 9.17) is 14.4 Å². The third kappa shape index (κ3) is 6.05. The number of anilines is 3. The van der Waals surface area contributed by atoms with Gasteiger partial charge in [0.05, 0.1) is 11.4 Å². The molecule has 0 unspecified atom stereocenters. The van der Waals surface area contributed by atoms with Crippen molar-refractivity contribution in [3.8, 4) is 45.0 Å². The number of nitrogens with zero attached hydrogens (tertiary/aromatic N) is 3. The molecule has 0 spiro atoms. The first kappa shape index (κ1) is 35.1. The molecule has 4 nitrogen and oxygen atoms in total. The lowest BCUT2D eigenvalue weighted by atomic mass is 9.93. The van der Waals surface area contributed by atoms with Gasteiger partial charge in [-0.25, -0.2) is 9.97 Å². The molecule has 0 radical (unpaired) electrons. The Morgan fingerprint density at radius 1 is 0.361 bits per heavy atom. The summed E-state index contributed by atoms with van der Waals surface area (Å²) in [5.41, 5.74) is 11.9. The van der Waals surface area contributed by atoms with E-state index in [1.54, 1.807) is 0 Å². The predicted octanol–water partition coefficient (Wildman–Crippen LogP) is 16.0. The summed E-state index contributed by atoms with van der Waals surface area (Å²) in [6.07, 6.45) is 0. The number of para-hydroxylation sites is 1. The summed E-state index contributed by atoms with van der Waals surface area (Å²) < 4.78 is 9.38. The Hall–Kier alpha value is -7.86. The third-order valence-corrected chi connectivity index (χ3v) is 12.8. The van der Waals surface area contributed by atoms with Crippen LogP contribution in [-0.4, -0.2) is 9.97 Å². The molecular formula is C56H35N3OS. The Kier molecular flexibility index (Phi) is 8.32. The zero-order valence-corrected chi connectivity index (χ0v) is 33.7. The molecule has 0 N–H and O–H groups in total. The number of benzene rings is 9. The molecule has 0 saturated carbocycles. The molecule has 61 heavy (non-hydrogen) atoms. The van der Waals surface area contributed by atoms with Gasteiger partial charge in [0.2, 0.25) is 0 Å². The van der Waals surface area contributed by atoms with Crippen LogP contribution in [0.15, 0.2) is 217 Å². The highest BCUT2D eigenvalue weighted by Crippen LogP contribution is 2.45. The number of fused-ring (bicyclic) bond motifs is 8. The van der Waals surface area contributed by atoms with Crippen molar-refractivity contribution >= 4 is 81.3 Å². The second-order valence-electron chi connectivity index (χ2n) is 15.3. The number of furan rings is 1. The highest BCUT2D eigenvalue weighted by molar-refractivity contribution is 7.25. The van der Waals surface area contributed by atoms with E-state index in [9.17, 15) is 0 Å². The van der Waals surface area contributed by atoms with Crippen LogP contribution < -0.4 is 4.90 Å². The predicted molar refractivity (Wildman–Crippen MR) is 256 cm³/mol. The summed E-state index contributed by atoms with van der Waals surface area (Å²) in [5.74, 6) is 0.659. The fraction of sp³-hybridized carbons (Fsp3) is 0. The summed E-state index contributed by atoms with van der Waals surface area (Å²) in [7, 11) is 0. The zero-order valence-electron chi connectivity index (χ0n) is 32.9. The van der Waals surface area contributed by atoms with E-state index in [1.165, 1.54) is 20.2 Å². The smallest absolute Gasteiger partial charge is 0.161 e. The lowest BCUT2D eigenvalue weighted by molar-refractivity contribution is 0.669. The van der Waals surface area contributed by atoms with E-state index >= 15 is 0 Å². The Balaban J connectivity index is 1.000. The van der Waals surface area contributed by atoms with Gasteiger partial charge in [-0.3, -0.25) is 0 Å². The molecule has 9 aromatic carbocycles. The van der Waals surface area contributed by atoms with Gasteiger partial charge in [-0.05, 0) is 88.6 Å². The molecule has 0 aliphatic heterocycles. The molecule has 0 saturated heterocycles. The molecule has 5 heteroatoms. The minimum absolute atomic E-state index is 0.659. The molecule has 12 rings (SSSR count). The van der Waals surface area contributed by atoms with E-state index in [-0.39, 0.29) is 0 Å². The van der Waals surface area contributed by atoms with Crippen molar-refractivity contribution in [2.75, 3.05) is 4.90 Å². The number of aromatic nitrogens is 2. The first-order valence-corrected chi connectivity index (χ1v) is 21.3. The Morgan fingerprint density at radius 2 is 0.951 bits per heavy atom. The first-order chi connectivity index (χ1) is 30.2. The number of thiophene rings is 1. The Bertz CT molecular complexity index is 3520. The van der Waals surface area contributed by atoms with Gasteiger partial charge in [0, 0.05) is 64.7 Å². The van der Waals surface area contributed by atoms with Crippen LogP contribution in [0, 0.1) is 0 Å². The van der Waals surface area contributed by atoms with Crippen molar-refractivity contribution < 1.29 is 4.42 Å². The highest BCUT2D eigenvalue weighted by atomic mass is 32.1. The molecule has 3 heterocycles. The Labute approximate surface area is 356 Å². The summed E-state index contributed by atoms with van der Waals surface area (Å²) >= 11 is 1.84. The van der Waals surface area contributed by atoms with Crippen LogP contribution in [-0.2, 0) is 0 Å². The maximum Gasteiger partial charge on any atom is 0.161 e. The molecular weight excluding hydrogens is 763 g/mol. The molecule has 12 aromatic rings. The average molecular weight is 798 g/mol. The van der Waals surface area contributed by atoms with Gasteiger partial charge in [0.1, 0.15) is 11.2 Å². The van der Waals surface area contributed by atoms with E-state index < -0.39 is 0 Å². The molecule has 0 amide bonds. The lowest BCUT2D eigenvalue weighted by Gasteiger charge is -2.26. The van der Waals surface area contributed by atoms with Crippen LogP contribution in [0.4, 0.5) is 17.1 Å². The summed E-state index contributed by atoms with van der Waals surface area (Å²) in [6, 6.07) is 74.9. The van der Waals surface area contributed by atoms with Crippen molar-refractivity contribution in [1.82, 2.24) is 9.97 Å². The molecule has 0 aliphatic rings. The number of hydrogen-bond donors (Lipinski definition) is 0. The van der Waals surface area contributed by atoms with Crippen LogP contribution >= 0.6 is 11.3 Å². The zero-order chi connectivity index (χ0) is 40.3. The monoisotopic (exact) mass is 797 g/mol. The molecule has 0 fully saturated rings. The maximum absolute atomic E-state index is 6.79. The van der Waals surface area contributed by atoms with Crippen LogP contribution in [0.5, 0.6) is 0 Å². The van der Waals surface area contributed by atoms with Crippen LogP contribution in [0.2, 0.25) is 0 Å². The minimum atomic E-state index is 0.659. The fourth-order valence-corrected chi connectivity index (χ4v) is 9.94. The van der Waals surface area contributed by atoms with Gasteiger partial charge >= 0.3 is 0 Å². The maximum atomic E-state index is 6.79. The van der Waals surface area contributed by atoms with Gasteiger partial charge in [0.15, 0.2) is 5.82 Å². The van der Waals surface area contributed by atoms with Crippen molar-refractivity contribution in [2.45, 2.75) is 0 Å². The summed E-state index contributed by atoms with van der Waals surface area (Å²) in [4.78, 5) is 12.8. The normalized spacial score (nSPS) is 11.6. The molecule has 0 atom stereocenters. The van der Waals surface area contributed by atoms with Crippen molar-refractivity contribution in [3.63, 3.8) is 0 Å². The molecule has 0 aliphatic carbocycles. The molecule has 0 bridgehead atoms. The summed E-state index contributed by atoms with van der Waals surface area (Å²) in [5, 5.41) is 6.90. The van der Waals surface area contributed by atoms with Gasteiger partial charge in [-0.1, -0.05) is 146 Å². The number of hydrogen-bond acceptors (Lipinski definition) is 5. The molecule has 3 aromatic heterocycles. The summed E-state index contributed by atoms with van der Waals surface area (Å²) in [6.45, 7) is 0. The van der Waals surface area contributed by atoms with Gasteiger partial charge in [0.25, 0.3) is 0 Å². The second kappa shape index (κ2) is 14.5. The third-order valence-electron chi connectivity index (χ3n) is 11.7. The van der Waals surface area contributed by atoms with E-state index in [2.05, 4.69) is 175 Å². The first-order valence-electron chi connectivity index (χ1n) is 20.5. The van der Waals surface area contributed by atoms with Gasteiger partial charge < -0.3 is 9.32 Å². The van der Waals surface area contributed by atoms with E-state index in [0.717, 1.165) is 89.0 Å². The quantitative estimate of drug-likeness (QED) is 0.161. The standard InChI is InChI=1S/C56H35N3OS/c1-4-15-37(16-5-1)48-35-49(38-17-6-2-7-18-38)58-56(57-48)45-24-14-25-50-55(45)54-44-23-11-10-21-42(44)46(34-51(54)60-50)36-27-29-40(30-28-36)59(39-19-8-3-9-20-39)41-31-32-53-47(33-41)43-22-12-13-26-52(43)61-53/h1-35H. The Morgan fingerprint density at radius 3 is 1.67 bits per heavy atom. The van der Waals surface area contributed by atoms with E-state index in [1.807, 2.05) is 53.8 Å². The van der Waals surface area contributed by atoms with Gasteiger partial charge in [-0.15, -0.1) is 11.3 Å². The molecule has 286 valence electrons. The fourth-order valence-electron chi connectivity index (χ4n) is 8.85. The highest BCUT2D eigenvalue weighted by Gasteiger charge is 2.21. The van der Waals surface area contributed by atoms with Crippen molar-refractivity contribution in [3.05, 3.63) is 212 Å². The lowest BCUT2D eigenvalue weighted by Crippen LogP contribution is -2.09. The van der Waals surface area contributed by atoms with Crippen LogP contribution in [0.25, 0.3) is 97.9 Å². The minimum Gasteiger partial charge on any atom is -0.456 e. The second-order valence-corrected chi connectivity index (χ2v) is 16.4. The SMILES string of the molecule is c1ccc(-c2cc(-c3ccccc3)nc(-c3cccc4oc5cc(-c6ccc(N(c7ccccc7)c7ccc8sc9ccccc9c8c7)cc6)c6ccccc6c5c34)n2)cc1. The van der Waals surface area contributed by atoms with Crippen LogP contribution in [0.1, 0.15) is 0 Å². The van der Waals surface area contributed by atoms with E-state index in [0.29, 0.717) is 5.82 Å². The largest absolute Gasteiger partial charge is 0.456 e. The van der Waals surface area contributed by atoms with Crippen molar-refractivity contribution in [1.29, 1.82) is 0 Å². The number of rotatable bonds is 7. The van der Waals surface area contributed by atoms with Gasteiger partial charge in [-0.2, -0.15) is 0 Å². The van der Waals surface area contributed by atoms with Crippen molar-refractivity contribution in [2.24, 2.45) is 0 Å². The van der Waals surface area contributed by atoms with Crippen LogP contribution in [0.3, 0.4) is 0 Å².